The molecule has 3 N–H and O–H groups in total. The van der Waals surface area contributed by atoms with E-state index in [1.54, 1.807) is 18.3 Å². The molecular formula is C13H12N2O2. The van der Waals surface area contributed by atoms with E-state index in [2.05, 4.69) is 23.5 Å². The van der Waals surface area contributed by atoms with Gasteiger partial charge in [-0.3, -0.25) is 0 Å². The first-order valence-corrected chi connectivity index (χ1v) is 5.00. The molecule has 0 aliphatic heterocycles. The Morgan fingerprint density at radius 1 is 1.12 bits per heavy atom. The molecular weight excluding hydrogens is 216 g/mol. The summed E-state index contributed by atoms with van der Waals surface area (Å²) in [6, 6.07) is 6.74. The molecule has 17 heavy (non-hydrogen) atoms. The van der Waals surface area contributed by atoms with Crippen LogP contribution in [0.5, 0.6) is 11.5 Å². The van der Waals surface area contributed by atoms with Crippen LogP contribution in [0.25, 0.3) is 13.2 Å². The maximum Gasteiger partial charge on any atom is 0.146 e. The van der Waals surface area contributed by atoms with Crippen molar-refractivity contribution < 1.29 is 10.2 Å². The lowest BCUT2D eigenvalue weighted by atomic mass is 10.2. The highest BCUT2D eigenvalue weighted by molar-refractivity contribution is 5.66. The summed E-state index contributed by atoms with van der Waals surface area (Å²) in [7, 11) is 0. The third-order valence-electron chi connectivity index (χ3n) is 2.42. The van der Waals surface area contributed by atoms with Crippen molar-refractivity contribution in [3.05, 3.63) is 40.9 Å². The maximum absolute atomic E-state index is 9.86. The van der Waals surface area contributed by atoms with Crippen molar-refractivity contribution in [3.8, 4) is 11.5 Å². The fourth-order valence-electron chi connectivity index (χ4n) is 1.42. The third kappa shape index (κ3) is 2.06. The topological polar surface area (TPSA) is 65.4 Å². The van der Waals surface area contributed by atoms with Gasteiger partial charge in [-0.25, -0.2) is 4.98 Å². The van der Waals surface area contributed by atoms with Crippen molar-refractivity contribution in [1.82, 2.24) is 4.98 Å². The smallest absolute Gasteiger partial charge is 0.146 e. The molecule has 2 rings (SSSR count). The Morgan fingerprint density at radius 2 is 1.88 bits per heavy atom. The summed E-state index contributed by atoms with van der Waals surface area (Å²) in [5.74, 6) is 0.503. The van der Waals surface area contributed by atoms with Crippen molar-refractivity contribution in [3.63, 3.8) is 0 Å². The van der Waals surface area contributed by atoms with Crippen LogP contribution in [0.3, 0.4) is 0 Å². The summed E-state index contributed by atoms with van der Waals surface area (Å²) in [5.41, 5.74) is 0.346. The van der Waals surface area contributed by atoms with Crippen LogP contribution in [0.1, 0.15) is 0 Å². The highest BCUT2D eigenvalue weighted by Crippen LogP contribution is 2.23. The molecule has 1 aromatic heterocycles. The Bertz CT molecular complexity index is 639. The van der Waals surface area contributed by atoms with E-state index < -0.39 is 0 Å². The quantitative estimate of drug-likeness (QED) is 0.531. The fraction of sp³-hybridized carbons (Fsp3) is 0. The monoisotopic (exact) mass is 228 g/mol. The van der Waals surface area contributed by atoms with Gasteiger partial charge < -0.3 is 15.5 Å². The molecule has 0 atom stereocenters. The molecule has 0 unspecified atom stereocenters. The zero-order chi connectivity index (χ0) is 12.4. The second kappa shape index (κ2) is 4.17. The molecule has 0 radical (unpaired) electrons. The average molecular weight is 228 g/mol. The molecule has 0 saturated carbocycles. The first kappa shape index (κ1) is 11.0. The average Bonchev–Trinajstić information content (AvgIpc) is 2.35. The van der Waals surface area contributed by atoms with E-state index in [0.29, 0.717) is 21.9 Å². The highest BCUT2D eigenvalue weighted by atomic mass is 16.3. The molecule has 0 amide bonds. The lowest BCUT2D eigenvalue weighted by molar-refractivity contribution is 0.455. The number of hydrogen-bond acceptors (Lipinski definition) is 4. The first-order valence-electron chi connectivity index (χ1n) is 5.00. The molecule has 0 saturated heterocycles. The molecule has 4 nitrogen and oxygen atoms in total. The minimum Gasteiger partial charge on any atom is -0.507 e. The number of aromatic nitrogens is 1. The zero-order valence-electron chi connectivity index (χ0n) is 9.14. The van der Waals surface area contributed by atoms with E-state index in [0.717, 1.165) is 0 Å². The number of hydrogen-bond donors (Lipinski definition) is 3. The van der Waals surface area contributed by atoms with Crippen LogP contribution in [0.15, 0.2) is 30.5 Å². The number of pyridine rings is 1. The van der Waals surface area contributed by atoms with E-state index in [4.69, 9.17) is 0 Å². The molecule has 0 fully saturated rings. The standard InChI is InChI=1S/C13H12N2O2/c1-8-9(2)13(17)10(7-11(8)16)15-12-5-3-4-6-14-12/h3-7,16-17H,1-2H2,(H,14,15). The molecule has 2 aromatic rings. The highest BCUT2D eigenvalue weighted by Gasteiger charge is 2.06. The second-order valence-electron chi connectivity index (χ2n) is 3.59. The molecule has 86 valence electrons. The molecule has 0 spiro atoms. The van der Waals surface area contributed by atoms with Crippen LogP contribution in [-0.2, 0) is 0 Å². The van der Waals surface area contributed by atoms with Gasteiger partial charge in [0, 0.05) is 22.7 Å². The van der Waals surface area contributed by atoms with E-state index in [9.17, 15) is 10.2 Å². The number of nitrogens with zero attached hydrogens (tertiary/aromatic N) is 1. The van der Waals surface area contributed by atoms with Gasteiger partial charge in [-0.05, 0) is 12.1 Å². The van der Waals surface area contributed by atoms with Crippen LogP contribution >= 0.6 is 0 Å². The lowest BCUT2D eigenvalue weighted by Gasteiger charge is -2.09. The van der Waals surface area contributed by atoms with Crippen molar-refractivity contribution in [2.45, 2.75) is 0 Å². The summed E-state index contributed by atoms with van der Waals surface area (Å²) >= 11 is 0. The van der Waals surface area contributed by atoms with Crippen LogP contribution < -0.4 is 15.8 Å². The Balaban J connectivity index is 2.48. The Kier molecular flexibility index (Phi) is 2.70. The summed E-state index contributed by atoms with van der Waals surface area (Å²) in [6.07, 6.45) is 1.63. The molecule has 0 bridgehead atoms. The van der Waals surface area contributed by atoms with Gasteiger partial charge in [-0.2, -0.15) is 0 Å². The predicted molar refractivity (Wildman–Crippen MR) is 67.6 cm³/mol. The van der Waals surface area contributed by atoms with E-state index in [1.165, 1.54) is 6.07 Å². The normalized spacial score (nSPS) is 10.1. The Morgan fingerprint density at radius 3 is 2.53 bits per heavy atom. The van der Waals surface area contributed by atoms with Crippen molar-refractivity contribution in [2.24, 2.45) is 0 Å². The van der Waals surface area contributed by atoms with Gasteiger partial charge in [0.2, 0.25) is 0 Å². The minimum atomic E-state index is -0.0431. The number of phenols is 2. The SMILES string of the molecule is C=c1c(O)cc(Nc2ccccn2)c(O)c1=C. The zero-order valence-corrected chi connectivity index (χ0v) is 9.14. The number of phenolic OH excluding ortho intramolecular Hbond substituents is 2. The second-order valence-corrected chi connectivity index (χ2v) is 3.59. The fourth-order valence-corrected chi connectivity index (χ4v) is 1.42. The van der Waals surface area contributed by atoms with E-state index >= 15 is 0 Å². The molecule has 1 aromatic carbocycles. The molecule has 0 aliphatic carbocycles. The molecule has 4 heteroatoms. The van der Waals surface area contributed by atoms with Crippen molar-refractivity contribution in [2.75, 3.05) is 5.32 Å². The molecule has 1 heterocycles. The Labute approximate surface area is 98.2 Å². The van der Waals surface area contributed by atoms with Crippen LogP contribution in [-0.4, -0.2) is 15.2 Å². The number of benzene rings is 1. The summed E-state index contributed by atoms with van der Waals surface area (Å²) in [6.45, 7) is 7.26. The van der Waals surface area contributed by atoms with Crippen LogP contribution in [0, 0.1) is 0 Å². The van der Waals surface area contributed by atoms with Gasteiger partial charge in [-0.1, -0.05) is 19.2 Å². The third-order valence-corrected chi connectivity index (χ3v) is 2.42. The Hall–Kier alpha value is -2.49. The van der Waals surface area contributed by atoms with E-state index in [1.807, 2.05) is 6.07 Å². The van der Waals surface area contributed by atoms with E-state index in [-0.39, 0.29) is 11.5 Å². The minimum absolute atomic E-state index is 0.0220. The number of nitrogens with one attached hydrogen (secondary N) is 1. The number of rotatable bonds is 2. The van der Waals surface area contributed by atoms with Gasteiger partial charge in [-0.15, -0.1) is 0 Å². The summed E-state index contributed by atoms with van der Waals surface area (Å²) < 4.78 is 0. The maximum atomic E-state index is 9.86. The lowest BCUT2D eigenvalue weighted by Crippen LogP contribution is -2.22. The number of aromatic hydroxyl groups is 2. The molecule has 0 aliphatic rings. The van der Waals surface area contributed by atoms with Gasteiger partial charge in [0.1, 0.15) is 17.3 Å². The predicted octanol–water partition coefficient (Wildman–Crippen LogP) is 1.06. The van der Waals surface area contributed by atoms with Crippen molar-refractivity contribution >= 4 is 24.7 Å². The van der Waals surface area contributed by atoms with Gasteiger partial charge >= 0.3 is 0 Å². The van der Waals surface area contributed by atoms with Gasteiger partial charge in [0.15, 0.2) is 0 Å². The largest absolute Gasteiger partial charge is 0.507 e. The number of anilines is 2. The van der Waals surface area contributed by atoms with Crippen LogP contribution in [0.4, 0.5) is 11.5 Å². The first-order chi connectivity index (χ1) is 8.09. The van der Waals surface area contributed by atoms with Gasteiger partial charge in [0.05, 0.1) is 5.69 Å². The van der Waals surface area contributed by atoms with Crippen LogP contribution in [0.2, 0.25) is 0 Å². The summed E-state index contributed by atoms with van der Waals surface area (Å²) in [4.78, 5) is 4.06. The summed E-state index contributed by atoms with van der Waals surface area (Å²) in [5, 5.41) is 23.0. The van der Waals surface area contributed by atoms with Crippen molar-refractivity contribution in [1.29, 1.82) is 0 Å². The van der Waals surface area contributed by atoms with Gasteiger partial charge in [0.25, 0.3) is 0 Å².